The van der Waals surface area contributed by atoms with Crippen LogP contribution in [-0.2, 0) is 24.9 Å². The molecule has 0 bridgehead atoms. The summed E-state index contributed by atoms with van der Waals surface area (Å²) in [6.45, 7) is 5.13. The third-order valence-corrected chi connectivity index (χ3v) is 6.30. The lowest BCUT2D eigenvalue weighted by Crippen LogP contribution is -2.40. The van der Waals surface area contributed by atoms with Gasteiger partial charge >= 0.3 is 0 Å². The second kappa shape index (κ2) is 10.4. The number of nitrogens with one attached hydrogen (secondary N) is 2. The van der Waals surface area contributed by atoms with Gasteiger partial charge in [0.25, 0.3) is 5.56 Å². The monoisotopic (exact) mass is 471 g/mol. The van der Waals surface area contributed by atoms with E-state index in [1.807, 2.05) is 41.8 Å². The molecule has 0 spiro atoms. The third-order valence-electron chi connectivity index (χ3n) is 6.06. The number of nitrogens with zero attached hydrogens (tertiary/aromatic N) is 5. The van der Waals surface area contributed by atoms with Crippen molar-refractivity contribution in [3.63, 3.8) is 0 Å². The molecule has 4 rings (SSSR count). The molecule has 0 saturated carbocycles. The van der Waals surface area contributed by atoms with E-state index in [1.165, 1.54) is 6.42 Å². The predicted molar refractivity (Wildman–Crippen MR) is 130 cm³/mol. The Hall–Kier alpha value is -2.91. The molecule has 0 aliphatic carbocycles. The van der Waals surface area contributed by atoms with E-state index in [1.54, 1.807) is 10.8 Å². The van der Waals surface area contributed by atoms with Crippen LogP contribution < -0.4 is 16.2 Å². The van der Waals surface area contributed by atoms with E-state index >= 15 is 0 Å². The molecule has 0 unspecified atom stereocenters. The Morgan fingerprint density at radius 1 is 1.21 bits per heavy atom. The van der Waals surface area contributed by atoms with Crippen LogP contribution in [0, 0.1) is 6.92 Å². The van der Waals surface area contributed by atoms with E-state index in [-0.39, 0.29) is 23.8 Å². The van der Waals surface area contributed by atoms with E-state index in [0.717, 1.165) is 48.2 Å². The zero-order chi connectivity index (χ0) is 23.4. The Balaban J connectivity index is 1.35. The number of amides is 1. The number of rotatable bonds is 8. The quantitative estimate of drug-likeness (QED) is 0.489. The van der Waals surface area contributed by atoms with Gasteiger partial charge in [-0.1, -0.05) is 11.6 Å². The molecule has 1 fully saturated rings. The minimum absolute atomic E-state index is 0.00684. The number of carbonyl (C=O) groups is 1. The summed E-state index contributed by atoms with van der Waals surface area (Å²) in [5.74, 6) is 0.212. The molecule has 3 heterocycles. The van der Waals surface area contributed by atoms with Gasteiger partial charge in [0.05, 0.1) is 17.8 Å². The molecule has 1 aliphatic rings. The van der Waals surface area contributed by atoms with Crippen LogP contribution in [0.5, 0.6) is 0 Å². The smallest absolute Gasteiger partial charge is 0.293 e. The van der Waals surface area contributed by atoms with Crippen LogP contribution in [0.3, 0.4) is 0 Å². The van der Waals surface area contributed by atoms with Crippen LogP contribution in [0.1, 0.15) is 30.7 Å². The molecule has 10 heteroatoms. The molecule has 1 amide bonds. The van der Waals surface area contributed by atoms with E-state index in [0.29, 0.717) is 24.7 Å². The molecular weight excluding hydrogens is 442 g/mol. The van der Waals surface area contributed by atoms with Gasteiger partial charge in [-0.15, -0.1) is 0 Å². The van der Waals surface area contributed by atoms with Crippen LogP contribution in [-0.4, -0.2) is 56.3 Å². The van der Waals surface area contributed by atoms with Gasteiger partial charge in [-0.25, -0.2) is 4.98 Å². The normalized spacial score (nSPS) is 14.1. The number of likely N-dealkylation sites (tertiary alicyclic amines) is 1. The standard InChI is InChI=1S/C23H30ClN7O2/c1-16-13-26-22(27-15-21(32)30-9-4-3-5-10-30)23(33)31(16)11-8-25-14-19-18-12-17(24)6-7-20(18)29(2)28-19/h6-7,12-13,25H,3-5,8-11,14-15H2,1-2H3,(H,26,27). The van der Waals surface area contributed by atoms with Crippen molar-refractivity contribution in [1.82, 2.24) is 29.5 Å². The van der Waals surface area contributed by atoms with Gasteiger partial charge in [0.15, 0.2) is 5.82 Å². The van der Waals surface area contributed by atoms with E-state index in [4.69, 9.17) is 11.6 Å². The van der Waals surface area contributed by atoms with Crippen LogP contribution >= 0.6 is 11.6 Å². The first kappa shape index (κ1) is 23.3. The van der Waals surface area contributed by atoms with Gasteiger partial charge in [-0.3, -0.25) is 14.3 Å². The average Bonchev–Trinajstić information content (AvgIpc) is 3.12. The Bertz CT molecular complexity index is 1200. The molecule has 0 radical (unpaired) electrons. The van der Waals surface area contributed by atoms with Gasteiger partial charge in [0.1, 0.15) is 0 Å². The highest BCUT2D eigenvalue weighted by atomic mass is 35.5. The number of hydrogen-bond donors (Lipinski definition) is 2. The summed E-state index contributed by atoms with van der Waals surface area (Å²) in [5, 5.41) is 12.6. The first-order valence-corrected chi connectivity index (χ1v) is 11.7. The molecular formula is C23H30ClN7O2. The molecule has 0 atom stereocenters. The van der Waals surface area contributed by atoms with E-state index in [9.17, 15) is 9.59 Å². The summed E-state index contributed by atoms with van der Waals surface area (Å²) in [4.78, 5) is 31.4. The summed E-state index contributed by atoms with van der Waals surface area (Å²) < 4.78 is 3.50. The highest BCUT2D eigenvalue weighted by Crippen LogP contribution is 2.22. The fraction of sp³-hybridized carbons (Fsp3) is 0.478. The molecule has 2 N–H and O–H groups in total. The summed E-state index contributed by atoms with van der Waals surface area (Å²) in [6.07, 6.45) is 4.90. The van der Waals surface area contributed by atoms with Crippen molar-refractivity contribution in [2.45, 2.75) is 39.3 Å². The van der Waals surface area contributed by atoms with Gasteiger partial charge in [-0.05, 0) is 44.4 Å². The van der Waals surface area contributed by atoms with Crippen LogP contribution in [0.15, 0.2) is 29.2 Å². The lowest BCUT2D eigenvalue weighted by atomic mass is 10.1. The SMILES string of the molecule is Cc1cnc(NCC(=O)N2CCCCC2)c(=O)n1CCNCc1nn(C)c2ccc(Cl)cc12. The summed E-state index contributed by atoms with van der Waals surface area (Å²) in [7, 11) is 1.91. The van der Waals surface area contributed by atoms with Crippen molar-refractivity contribution in [3.8, 4) is 0 Å². The Kier molecular flexibility index (Phi) is 7.29. The van der Waals surface area contributed by atoms with Crippen LogP contribution in [0.4, 0.5) is 5.82 Å². The molecule has 1 aliphatic heterocycles. The van der Waals surface area contributed by atoms with Crippen LogP contribution in [0.25, 0.3) is 10.9 Å². The average molecular weight is 472 g/mol. The van der Waals surface area contributed by atoms with Crippen molar-refractivity contribution < 1.29 is 4.79 Å². The molecule has 2 aromatic heterocycles. The lowest BCUT2D eigenvalue weighted by molar-refractivity contribution is -0.130. The summed E-state index contributed by atoms with van der Waals surface area (Å²) in [6, 6.07) is 5.73. The van der Waals surface area contributed by atoms with Gasteiger partial charge in [0.2, 0.25) is 5.91 Å². The molecule has 9 nitrogen and oxygen atoms in total. The van der Waals surface area contributed by atoms with Crippen molar-refractivity contribution in [2.75, 3.05) is 31.5 Å². The summed E-state index contributed by atoms with van der Waals surface area (Å²) in [5.41, 5.74) is 2.47. The van der Waals surface area contributed by atoms with Gasteiger partial charge in [0, 0.05) is 62.1 Å². The number of aromatic nitrogens is 4. The number of hydrogen-bond acceptors (Lipinski definition) is 6. The summed E-state index contributed by atoms with van der Waals surface area (Å²) >= 11 is 6.15. The Labute approximate surface area is 197 Å². The fourth-order valence-corrected chi connectivity index (χ4v) is 4.40. The number of fused-ring (bicyclic) bond motifs is 1. The zero-order valence-corrected chi connectivity index (χ0v) is 19.9. The maximum Gasteiger partial charge on any atom is 0.293 e. The number of aryl methyl sites for hydroxylation is 2. The topological polar surface area (TPSA) is 97.1 Å². The second-order valence-electron chi connectivity index (χ2n) is 8.41. The number of anilines is 1. The van der Waals surface area contributed by atoms with Crippen molar-refractivity contribution in [1.29, 1.82) is 0 Å². The van der Waals surface area contributed by atoms with Gasteiger partial charge in [-0.2, -0.15) is 5.10 Å². The second-order valence-corrected chi connectivity index (χ2v) is 8.84. The first-order valence-electron chi connectivity index (χ1n) is 11.3. The minimum Gasteiger partial charge on any atom is -0.356 e. The largest absolute Gasteiger partial charge is 0.356 e. The fourth-order valence-electron chi connectivity index (χ4n) is 4.22. The van der Waals surface area contributed by atoms with Crippen molar-refractivity contribution >= 4 is 34.2 Å². The highest BCUT2D eigenvalue weighted by molar-refractivity contribution is 6.31. The maximum absolute atomic E-state index is 12.9. The molecule has 33 heavy (non-hydrogen) atoms. The Morgan fingerprint density at radius 2 is 2.00 bits per heavy atom. The number of piperidine rings is 1. The number of carbonyl (C=O) groups excluding carboxylic acids is 1. The Morgan fingerprint density at radius 3 is 2.79 bits per heavy atom. The minimum atomic E-state index is -0.224. The number of benzene rings is 1. The molecule has 1 saturated heterocycles. The third kappa shape index (κ3) is 5.36. The molecule has 1 aromatic carbocycles. The van der Waals surface area contributed by atoms with E-state index in [2.05, 4.69) is 20.7 Å². The first-order chi connectivity index (χ1) is 15.9. The molecule has 176 valence electrons. The van der Waals surface area contributed by atoms with Crippen molar-refractivity contribution in [2.24, 2.45) is 7.05 Å². The maximum atomic E-state index is 12.9. The number of halogens is 1. The van der Waals surface area contributed by atoms with Crippen LogP contribution in [0.2, 0.25) is 5.02 Å². The van der Waals surface area contributed by atoms with Gasteiger partial charge < -0.3 is 20.1 Å². The molecule has 3 aromatic rings. The predicted octanol–water partition coefficient (Wildman–Crippen LogP) is 2.31. The van der Waals surface area contributed by atoms with Crippen molar-refractivity contribution in [3.05, 3.63) is 51.2 Å². The highest BCUT2D eigenvalue weighted by Gasteiger charge is 2.17. The lowest BCUT2D eigenvalue weighted by Gasteiger charge is -2.26. The zero-order valence-electron chi connectivity index (χ0n) is 19.1. The van der Waals surface area contributed by atoms with E-state index < -0.39 is 0 Å².